The maximum Gasteiger partial charge on any atom is 0.252 e. The molecular weight excluding hydrogens is 1180 g/mol. The third kappa shape index (κ3) is 9.44. The molecule has 0 radical (unpaired) electrons. The molecule has 98 heavy (non-hydrogen) atoms. The minimum atomic E-state index is -0.270. The molecule has 2 aliphatic rings. The fourth-order valence-electron chi connectivity index (χ4n) is 15.9. The van der Waals surface area contributed by atoms with Crippen LogP contribution in [0.4, 0.5) is 34.1 Å². The predicted octanol–water partition coefficient (Wildman–Crippen LogP) is 23.4. The van der Waals surface area contributed by atoms with Crippen molar-refractivity contribution in [2.75, 3.05) is 9.80 Å². The van der Waals surface area contributed by atoms with Crippen LogP contribution in [-0.2, 0) is 0 Å². The summed E-state index contributed by atoms with van der Waals surface area (Å²) in [4.78, 5) is 5.37. The Balaban J connectivity index is 1.03. The molecule has 19 rings (SSSR count). The van der Waals surface area contributed by atoms with Crippen molar-refractivity contribution in [3.63, 3.8) is 0 Å². The zero-order valence-electron chi connectivity index (χ0n) is 53.7. The summed E-state index contributed by atoms with van der Waals surface area (Å²) in [6, 6.07) is 140. The summed E-state index contributed by atoms with van der Waals surface area (Å²) in [5, 5.41) is 4.88. The highest BCUT2D eigenvalue weighted by Crippen LogP contribution is 2.55. The third-order valence-electron chi connectivity index (χ3n) is 20.3. The van der Waals surface area contributed by atoms with Crippen LogP contribution in [0.3, 0.4) is 0 Å². The second kappa shape index (κ2) is 23.6. The number of anilines is 6. The van der Waals surface area contributed by atoms with Crippen LogP contribution >= 0.6 is 0 Å². The number of aromatic nitrogens is 1. The van der Waals surface area contributed by atoms with E-state index in [1.165, 1.54) is 49.1 Å². The normalized spacial score (nSPS) is 12.2. The molecule has 4 heteroatoms. The quantitative estimate of drug-likeness (QED) is 0.120. The van der Waals surface area contributed by atoms with Gasteiger partial charge in [-0.3, -0.25) is 0 Å². The van der Waals surface area contributed by atoms with Crippen molar-refractivity contribution in [2.24, 2.45) is 0 Å². The minimum absolute atomic E-state index is 0.270. The first-order valence-corrected chi connectivity index (χ1v) is 33.9. The van der Waals surface area contributed by atoms with Gasteiger partial charge in [-0.05, 0) is 155 Å². The van der Waals surface area contributed by atoms with Gasteiger partial charge < -0.3 is 14.4 Å². The van der Waals surface area contributed by atoms with E-state index < -0.39 is 0 Å². The molecule has 2 aliphatic heterocycles. The van der Waals surface area contributed by atoms with E-state index in [0.717, 1.165) is 129 Å². The molecule has 0 fully saturated rings. The van der Waals surface area contributed by atoms with Crippen molar-refractivity contribution in [2.45, 2.75) is 0 Å². The summed E-state index contributed by atoms with van der Waals surface area (Å²) < 4.78 is 2.56. The number of hydrogen-bond acceptors (Lipinski definition) is 2. The minimum Gasteiger partial charge on any atom is -0.310 e. The molecule has 456 valence electrons. The maximum absolute atomic E-state index is 2.69. The molecule has 0 saturated heterocycles. The van der Waals surface area contributed by atoms with Crippen LogP contribution in [0.2, 0.25) is 0 Å². The number of para-hydroxylation sites is 1. The number of benzene rings is 16. The highest BCUT2D eigenvalue weighted by Gasteiger charge is 2.46. The zero-order valence-corrected chi connectivity index (χ0v) is 53.7. The molecule has 0 spiro atoms. The van der Waals surface area contributed by atoms with Gasteiger partial charge in [0, 0.05) is 55.8 Å². The maximum atomic E-state index is 2.69. The van der Waals surface area contributed by atoms with Gasteiger partial charge >= 0.3 is 0 Å². The lowest BCUT2D eigenvalue weighted by molar-refractivity contribution is 1.16. The molecule has 0 N–H and O–H groups in total. The Morgan fingerprint density at radius 1 is 0.214 bits per heavy atom. The van der Waals surface area contributed by atoms with Crippen LogP contribution < -0.4 is 26.2 Å². The molecule has 0 atom stereocenters. The van der Waals surface area contributed by atoms with Crippen LogP contribution in [0.5, 0.6) is 0 Å². The smallest absolute Gasteiger partial charge is 0.252 e. The van der Waals surface area contributed by atoms with Crippen LogP contribution in [-0.4, -0.2) is 11.3 Å². The van der Waals surface area contributed by atoms with E-state index in [0.29, 0.717) is 0 Å². The fraction of sp³-hybridized carbons (Fsp3) is 0. The SMILES string of the molecule is c1ccc(-c2ccc3c(c2)B2c4cc(-c5ccccc5)ccc4N(c4c(-c5ccccc5)cc(-c5ccccc5)cc4-c4ccccc4)c4cc(-n5c6ccccc6c6c7ccccc7ccc65)cc(c42)N3c2c(-c3ccccc3)cc(-c3ccccc3)cc2-c2ccccc2)cc1. The molecule has 16 aromatic carbocycles. The Bertz CT molecular complexity index is 5490. The van der Waals surface area contributed by atoms with E-state index in [4.69, 9.17) is 0 Å². The zero-order chi connectivity index (χ0) is 64.6. The van der Waals surface area contributed by atoms with E-state index in [1.54, 1.807) is 0 Å². The van der Waals surface area contributed by atoms with Gasteiger partial charge in [0.05, 0.1) is 28.1 Å². The standard InChI is InChI=1S/C94H62BN3/c1-9-29-63(30-10-1)72-50-52-86-83(59-72)95-84-60-73(64-31-11-2-12-32-64)51-53-87(84)98(94-81(69-41-21-7-22-42-69)57-75(66-35-15-4-16-36-66)58-82(94)70-43-23-8-24-44-70)90-62-76(96-85-48-28-27-47-78(85)91-77-46-26-25-45-71(77)49-54-88(91)96)61-89(92(90)95)97(86)93-79(67-37-17-5-18-38-67)55-74(65-33-13-3-14-34-65)56-80(93)68-39-19-6-20-40-68/h1-62H. The Labute approximate surface area is 571 Å². The first kappa shape index (κ1) is 56.8. The predicted molar refractivity (Wildman–Crippen MR) is 416 cm³/mol. The molecular formula is C94H62BN3. The monoisotopic (exact) mass is 1240 g/mol. The molecule has 3 heterocycles. The second-order valence-electron chi connectivity index (χ2n) is 25.9. The van der Waals surface area contributed by atoms with Crippen LogP contribution in [0.15, 0.2) is 376 Å². The first-order valence-electron chi connectivity index (χ1n) is 33.9. The van der Waals surface area contributed by atoms with Crippen molar-refractivity contribution >= 4 is 89.8 Å². The van der Waals surface area contributed by atoms with Gasteiger partial charge in [0.15, 0.2) is 0 Å². The average molecular weight is 1240 g/mol. The lowest BCUT2D eigenvalue weighted by Gasteiger charge is -2.46. The van der Waals surface area contributed by atoms with Crippen LogP contribution in [0.25, 0.3) is 127 Å². The molecule has 0 bridgehead atoms. The topological polar surface area (TPSA) is 11.4 Å². The van der Waals surface area contributed by atoms with E-state index in [-0.39, 0.29) is 6.71 Å². The summed E-state index contributed by atoms with van der Waals surface area (Å²) in [6.45, 7) is -0.270. The highest BCUT2D eigenvalue weighted by atomic mass is 15.2. The Kier molecular flexibility index (Phi) is 13.7. The Morgan fingerprint density at radius 3 is 0.949 bits per heavy atom. The molecule has 0 saturated carbocycles. The largest absolute Gasteiger partial charge is 0.310 e. The van der Waals surface area contributed by atoms with Gasteiger partial charge in [0.2, 0.25) is 0 Å². The molecule has 0 aliphatic carbocycles. The highest BCUT2D eigenvalue weighted by molar-refractivity contribution is 7.00. The van der Waals surface area contributed by atoms with Crippen molar-refractivity contribution in [3.05, 3.63) is 376 Å². The molecule has 17 aromatic rings. The van der Waals surface area contributed by atoms with Gasteiger partial charge in [-0.1, -0.05) is 315 Å². The number of hydrogen-bond donors (Lipinski definition) is 0. The molecule has 1 aromatic heterocycles. The Morgan fingerprint density at radius 2 is 0.551 bits per heavy atom. The first-order chi connectivity index (χ1) is 48.6. The van der Waals surface area contributed by atoms with Crippen molar-refractivity contribution in [3.8, 4) is 94.7 Å². The fourth-order valence-corrected chi connectivity index (χ4v) is 15.9. The van der Waals surface area contributed by atoms with Crippen molar-refractivity contribution in [1.29, 1.82) is 0 Å². The number of rotatable bonds is 11. The number of fused-ring (bicyclic) bond motifs is 9. The average Bonchev–Trinajstić information content (AvgIpc) is 0.798. The number of nitrogens with zero attached hydrogens (tertiary/aromatic N) is 3. The van der Waals surface area contributed by atoms with Gasteiger partial charge in [-0.15, -0.1) is 0 Å². The van der Waals surface area contributed by atoms with E-state index >= 15 is 0 Å². The summed E-state index contributed by atoms with van der Waals surface area (Å²) in [5.74, 6) is 0. The molecule has 0 unspecified atom stereocenters. The van der Waals surface area contributed by atoms with Crippen molar-refractivity contribution < 1.29 is 0 Å². The van der Waals surface area contributed by atoms with E-state index in [9.17, 15) is 0 Å². The van der Waals surface area contributed by atoms with E-state index in [1.807, 2.05) is 0 Å². The summed E-state index contributed by atoms with van der Waals surface area (Å²) >= 11 is 0. The van der Waals surface area contributed by atoms with Gasteiger partial charge in [-0.2, -0.15) is 0 Å². The summed E-state index contributed by atoms with van der Waals surface area (Å²) in [5.41, 5.74) is 31.8. The third-order valence-corrected chi connectivity index (χ3v) is 20.3. The van der Waals surface area contributed by atoms with Crippen LogP contribution in [0, 0.1) is 0 Å². The lowest BCUT2D eigenvalue weighted by atomic mass is 9.33. The molecule has 0 amide bonds. The van der Waals surface area contributed by atoms with Crippen molar-refractivity contribution in [1.82, 2.24) is 4.57 Å². The van der Waals surface area contributed by atoms with Crippen LogP contribution in [0.1, 0.15) is 0 Å². The lowest BCUT2D eigenvalue weighted by Crippen LogP contribution is -2.61. The van der Waals surface area contributed by atoms with Gasteiger partial charge in [-0.25, -0.2) is 0 Å². The van der Waals surface area contributed by atoms with Gasteiger partial charge in [0.25, 0.3) is 6.71 Å². The van der Waals surface area contributed by atoms with Gasteiger partial charge in [0.1, 0.15) is 0 Å². The Hall–Kier alpha value is -12.8. The summed E-state index contributed by atoms with van der Waals surface area (Å²) in [7, 11) is 0. The molecule has 3 nitrogen and oxygen atoms in total. The summed E-state index contributed by atoms with van der Waals surface area (Å²) in [6.07, 6.45) is 0. The van der Waals surface area contributed by atoms with E-state index in [2.05, 4.69) is 390 Å². The second-order valence-corrected chi connectivity index (χ2v) is 25.9.